The summed E-state index contributed by atoms with van der Waals surface area (Å²) in [6.45, 7) is 0. The van der Waals surface area contributed by atoms with Crippen molar-refractivity contribution < 1.29 is 0 Å². The first-order valence-corrected chi connectivity index (χ1v) is 8.61. The van der Waals surface area contributed by atoms with Crippen molar-refractivity contribution in [1.29, 1.82) is 0 Å². The van der Waals surface area contributed by atoms with E-state index in [4.69, 9.17) is 0 Å². The van der Waals surface area contributed by atoms with Gasteiger partial charge in [0.1, 0.15) is 0 Å². The van der Waals surface area contributed by atoms with E-state index in [9.17, 15) is 0 Å². The summed E-state index contributed by atoms with van der Waals surface area (Å²) in [5.74, 6) is 0. The van der Waals surface area contributed by atoms with Crippen LogP contribution >= 0.6 is 11.3 Å². The Bertz CT molecular complexity index is 1150. The van der Waals surface area contributed by atoms with Crippen LogP contribution in [-0.2, 0) is 0 Å². The highest BCUT2D eigenvalue weighted by atomic mass is 32.1. The molecule has 0 fully saturated rings. The lowest BCUT2D eigenvalue weighted by atomic mass is 9.97. The van der Waals surface area contributed by atoms with Crippen LogP contribution < -0.4 is 0 Å². The zero-order valence-corrected chi connectivity index (χ0v) is 13.3. The summed E-state index contributed by atoms with van der Waals surface area (Å²) in [6.07, 6.45) is 0. The molecule has 0 bridgehead atoms. The van der Waals surface area contributed by atoms with Crippen molar-refractivity contribution >= 4 is 42.3 Å². The Morgan fingerprint density at radius 1 is 0.522 bits per heavy atom. The normalized spacial score (nSPS) is 11.5. The summed E-state index contributed by atoms with van der Waals surface area (Å²) < 4.78 is 2.72. The van der Waals surface area contributed by atoms with Crippen molar-refractivity contribution in [1.82, 2.24) is 0 Å². The molecule has 23 heavy (non-hydrogen) atoms. The van der Waals surface area contributed by atoms with Gasteiger partial charge in [-0.1, -0.05) is 66.7 Å². The second-order valence-corrected chi connectivity index (χ2v) is 6.92. The highest BCUT2D eigenvalue weighted by Crippen LogP contribution is 2.38. The summed E-state index contributed by atoms with van der Waals surface area (Å²) in [5, 5.41) is 5.36. The maximum absolute atomic E-state index is 2.36. The predicted octanol–water partition coefficient (Wildman–Crippen LogP) is 6.87. The standard InChI is InChI=1S/C22H14S/c1-2-7-15(8-3-1)17-11-6-9-16-13-20-18-10-4-5-12-21(18)23-22(20)14-19(16)17/h1-14H. The number of benzene rings is 4. The van der Waals surface area contributed by atoms with Gasteiger partial charge >= 0.3 is 0 Å². The zero-order chi connectivity index (χ0) is 15.2. The van der Waals surface area contributed by atoms with E-state index in [1.54, 1.807) is 0 Å². The van der Waals surface area contributed by atoms with Crippen LogP contribution in [0.15, 0.2) is 84.9 Å². The molecule has 0 atom stereocenters. The van der Waals surface area contributed by atoms with Gasteiger partial charge in [0.2, 0.25) is 0 Å². The topological polar surface area (TPSA) is 0 Å². The van der Waals surface area contributed by atoms with Gasteiger partial charge in [-0.3, -0.25) is 0 Å². The molecule has 0 spiro atoms. The van der Waals surface area contributed by atoms with E-state index in [2.05, 4.69) is 84.9 Å². The molecular weight excluding hydrogens is 296 g/mol. The van der Waals surface area contributed by atoms with Gasteiger partial charge in [-0.25, -0.2) is 0 Å². The van der Waals surface area contributed by atoms with Crippen molar-refractivity contribution in [2.45, 2.75) is 0 Å². The SMILES string of the molecule is c1ccc(-c2cccc3cc4c(cc23)sc2ccccc24)cc1. The van der Waals surface area contributed by atoms with Crippen molar-refractivity contribution in [3.63, 3.8) is 0 Å². The number of rotatable bonds is 1. The molecule has 1 aromatic heterocycles. The molecule has 0 N–H and O–H groups in total. The lowest BCUT2D eigenvalue weighted by molar-refractivity contribution is 1.66. The van der Waals surface area contributed by atoms with Crippen molar-refractivity contribution in [3.05, 3.63) is 84.9 Å². The summed E-state index contributed by atoms with van der Waals surface area (Å²) in [4.78, 5) is 0. The van der Waals surface area contributed by atoms with E-state index in [1.807, 2.05) is 11.3 Å². The Balaban J connectivity index is 1.90. The van der Waals surface area contributed by atoms with Crippen LogP contribution in [0, 0.1) is 0 Å². The molecule has 1 heteroatoms. The van der Waals surface area contributed by atoms with Crippen LogP contribution in [0.2, 0.25) is 0 Å². The first-order valence-electron chi connectivity index (χ1n) is 7.79. The molecule has 0 saturated heterocycles. The van der Waals surface area contributed by atoms with Crippen LogP contribution in [0.25, 0.3) is 42.1 Å². The molecule has 0 saturated carbocycles. The first-order chi connectivity index (χ1) is 11.4. The second kappa shape index (κ2) is 4.94. The molecule has 0 radical (unpaired) electrons. The van der Waals surface area contributed by atoms with Crippen LogP contribution in [0.4, 0.5) is 0 Å². The molecule has 5 aromatic rings. The Hall–Kier alpha value is -2.64. The third-order valence-corrected chi connectivity index (χ3v) is 5.60. The fourth-order valence-electron chi connectivity index (χ4n) is 3.37. The quantitative estimate of drug-likeness (QED) is 0.317. The minimum absolute atomic E-state index is 1.28. The van der Waals surface area contributed by atoms with E-state index in [1.165, 1.54) is 42.1 Å². The van der Waals surface area contributed by atoms with Gasteiger partial charge in [-0.2, -0.15) is 0 Å². The summed E-state index contributed by atoms with van der Waals surface area (Å²) in [7, 11) is 0. The van der Waals surface area contributed by atoms with Crippen LogP contribution in [0.1, 0.15) is 0 Å². The highest BCUT2D eigenvalue weighted by molar-refractivity contribution is 7.25. The third-order valence-electron chi connectivity index (χ3n) is 4.46. The van der Waals surface area contributed by atoms with Gasteiger partial charge in [-0.05, 0) is 40.1 Å². The average Bonchev–Trinajstić information content (AvgIpc) is 2.97. The monoisotopic (exact) mass is 310 g/mol. The fourth-order valence-corrected chi connectivity index (χ4v) is 4.49. The molecule has 1 heterocycles. The zero-order valence-electron chi connectivity index (χ0n) is 12.5. The largest absolute Gasteiger partial charge is 0.135 e. The van der Waals surface area contributed by atoms with Gasteiger partial charge in [0.05, 0.1) is 0 Å². The molecular formula is C22H14S. The molecule has 5 rings (SSSR count). The number of fused-ring (bicyclic) bond motifs is 4. The Kier molecular flexibility index (Phi) is 2.76. The molecule has 4 aromatic carbocycles. The predicted molar refractivity (Wildman–Crippen MR) is 102 cm³/mol. The van der Waals surface area contributed by atoms with E-state index in [-0.39, 0.29) is 0 Å². The lowest BCUT2D eigenvalue weighted by Gasteiger charge is -2.07. The minimum Gasteiger partial charge on any atom is -0.135 e. The summed E-state index contributed by atoms with van der Waals surface area (Å²) in [6, 6.07) is 30.6. The van der Waals surface area contributed by atoms with Gasteiger partial charge in [0.25, 0.3) is 0 Å². The second-order valence-electron chi connectivity index (χ2n) is 5.84. The summed E-state index contributed by atoms with van der Waals surface area (Å²) in [5.41, 5.74) is 2.58. The molecule has 0 aliphatic heterocycles. The van der Waals surface area contributed by atoms with Crippen molar-refractivity contribution in [2.75, 3.05) is 0 Å². The molecule has 0 amide bonds. The number of hydrogen-bond acceptors (Lipinski definition) is 1. The minimum atomic E-state index is 1.28. The van der Waals surface area contributed by atoms with Gasteiger partial charge in [0, 0.05) is 20.2 Å². The summed E-state index contributed by atoms with van der Waals surface area (Å²) >= 11 is 1.88. The Labute approximate surface area is 138 Å². The van der Waals surface area contributed by atoms with Gasteiger partial charge < -0.3 is 0 Å². The van der Waals surface area contributed by atoms with E-state index in [0.717, 1.165) is 0 Å². The van der Waals surface area contributed by atoms with E-state index >= 15 is 0 Å². The maximum atomic E-state index is 2.36. The third kappa shape index (κ3) is 1.97. The number of hydrogen-bond donors (Lipinski definition) is 0. The van der Waals surface area contributed by atoms with Crippen molar-refractivity contribution in [2.24, 2.45) is 0 Å². The molecule has 0 unspecified atom stereocenters. The van der Waals surface area contributed by atoms with E-state index in [0.29, 0.717) is 0 Å². The number of thiophene rings is 1. The lowest BCUT2D eigenvalue weighted by Crippen LogP contribution is -1.81. The molecule has 0 aliphatic rings. The Morgan fingerprint density at radius 2 is 1.35 bits per heavy atom. The highest BCUT2D eigenvalue weighted by Gasteiger charge is 2.09. The first kappa shape index (κ1) is 12.9. The molecule has 108 valence electrons. The van der Waals surface area contributed by atoms with Gasteiger partial charge in [0.15, 0.2) is 0 Å². The van der Waals surface area contributed by atoms with Crippen LogP contribution in [0.5, 0.6) is 0 Å². The van der Waals surface area contributed by atoms with Crippen molar-refractivity contribution in [3.8, 4) is 11.1 Å². The average molecular weight is 310 g/mol. The molecule has 0 aliphatic carbocycles. The van der Waals surface area contributed by atoms with E-state index < -0.39 is 0 Å². The Morgan fingerprint density at radius 3 is 2.26 bits per heavy atom. The van der Waals surface area contributed by atoms with Crippen LogP contribution in [0.3, 0.4) is 0 Å². The smallest absolute Gasteiger partial charge is 0.0362 e. The van der Waals surface area contributed by atoms with Crippen LogP contribution in [-0.4, -0.2) is 0 Å². The molecule has 0 nitrogen and oxygen atoms in total. The van der Waals surface area contributed by atoms with Gasteiger partial charge in [-0.15, -0.1) is 11.3 Å². The maximum Gasteiger partial charge on any atom is 0.0362 e. The fraction of sp³-hybridized carbons (Fsp3) is 0.